The molecule has 0 spiro atoms. The molecule has 0 radical (unpaired) electrons. The molecule has 0 aliphatic carbocycles. The maximum Gasteiger partial charge on any atom is 0.300 e. The van der Waals surface area contributed by atoms with Gasteiger partial charge in [-0.05, 0) is 55.0 Å². The van der Waals surface area contributed by atoms with Gasteiger partial charge in [0.15, 0.2) is 0 Å². The number of hydrogen-bond acceptors (Lipinski definition) is 5. The van der Waals surface area contributed by atoms with Gasteiger partial charge in [0.25, 0.3) is 11.7 Å². The number of halogens is 1. The van der Waals surface area contributed by atoms with Gasteiger partial charge in [-0.25, -0.2) is 0 Å². The largest absolute Gasteiger partial charge is 0.507 e. The molecule has 3 aromatic rings. The Bertz CT molecular complexity index is 1250. The van der Waals surface area contributed by atoms with Crippen LogP contribution in [-0.2, 0) is 9.59 Å². The van der Waals surface area contributed by atoms with E-state index in [9.17, 15) is 14.7 Å². The topological polar surface area (TPSA) is 70.1 Å². The van der Waals surface area contributed by atoms with Crippen molar-refractivity contribution in [1.29, 1.82) is 0 Å². The molecular formula is C27H25ClN2O4. The van der Waals surface area contributed by atoms with Gasteiger partial charge in [-0.3, -0.25) is 14.5 Å². The minimum atomic E-state index is -0.801. The van der Waals surface area contributed by atoms with Crippen LogP contribution < -0.4 is 14.5 Å². The molecule has 1 fully saturated rings. The standard InChI is InChI=1S/C27H25ClN2O4/c1-4-34-22-16-18(12-15-21(22)28)25(31)23-24(17-10-13-19(14-11-17)29(2)3)30(27(33)26(23)32)20-8-6-5-7-9-20/h5-16,24,31H,4H2,1-3H3/b25-23-. The van der Waals surface area contributed by atoms with Crippen molar-refractivity contribution in [3.05, 3.63) is 94.5 Å². The predicted molar refractivity (Wildman–Crippen MR) is 135 cm³/mol. The number of carbonyl (C=O) groups is 2. The van der Waals surface area contributed by atoms with Crippen molar-refractivity contribution in [2.45, 2.75) is 13.0 Å². The highest BCUT2D eigenvalue weighted by Gasteiger charge is 2.47. The fraction of sp³-hybridized carbons (Fsp3) is 0.185. The Kier molecular flexibility index (Phi) is 6.61. The lowest BCUT2D eigenvalue weighted by Crippen LogP contribution is -2.29. The van der Waals surface area contributed by atoms with Crippen molar-refractivity contribution >= 4 is 40.4 Å². The molecule has 0 aromatic heterocycles. The number of rotatable bonds is 6. The molecule has 1 unspecified atom stereocenters. The molecule has 3 aromatic carbocycles. The summed E-state index contributed by atoms with van der Waals surface area (Å²) in [6.45, 7) is 2.21. The van der Waals surface area contributed by atoms with E-state index in [0.29, 0.717) is 34.2 Å². The monoisotopic (exact) mass is 476 g/mol. The summed E-state index contributed by atoms with van der Waals surface area (Å²) < 4.78 is 5.54. The van der Waals surface area contributed by atoms with E-state index in [1.165, 1.54) is 4.90 Å². The van der Waals surface area contributed by atoms with Crippen molar-refractivity contribution < 1.29 is 19.4 Å². The molecule has 1 saturated heterocycles. The van der Waals surface area contributed by atoms with Gasteiger partial charge >= 0.3 is 0 Å². The van der Waals surface area contributed by atoms with E-state index in [1.54, 1.807) is 42.5 Å². The molecule has 0 saturated carbocycles. The van der Waals surface area contributed by atoms with Crippen molar-refractivity contribution in [3.8, 4) is 5.75 Å². The summed E-state index contributed by atoms with van der Waals surface area (Å²) in [7, 11) is 3.86. The van der Waals surface area contributed by atoms with Crippen LogP contribution >= 0.6 is 11.6 Å². The minimum Gasteiger partial charge on any atom is -0.507 e. The first-order valence-corrected chi connectivity index (χ1v) is 11.3. The van der Waals surface area contributed by atoms with Crippen molar-refractivity contribution in [2.75, 3.05) is 30.5 Å². The van der Waals surface area contributed by atoms with Crippen LogP contribution in [0.3, 0.4) is 0 Å². The Balaban J connectivity index is 1.91. The van der Waals surface area contributed by atoms with Gasteiger partial charge in [-0.2, -0.15) is 0 Å². The van der Waals surface area contributed by atoms with Gasteiger partial charge in [-0.15, -0.1) is 0 Å². The van der Waals surface area contributed by atoms with Crippen LogP contribution in [0.4, 0.5) is 11.4 Å². The molecule has 174 valence electrons. The third-order valence-corrected chi connectivity index (χ3v) is 6.02. The van der Waals surface area contributed by atoms with Gasteiger partial charge < -0.3 is 14.7 Å². The first-order chi connectivity index (χ1) is 16.3. The number of aliphatic hydroxyl groups is 1. The maximum atomic E-state index is 13.3. The maximum absolute atomic E-state index is 13.3. The van der Waals surface area contributed by atoms with Crippen molar-refractivity contribution in [3.63, 3.8) is 0 Å². The normalized spacial score (nSPS) is 17.2. The molecule has 1 amide bonds. The summed E-state index contributed by atoms with van der Waals surface area (Å²) >= 11 is 6.20. The van der Waals surface area contributed by atoms with E-state index in [2.05, 4.69) is 0 Å². The summed E-state index contributed by atoms with van der Waals surface area (Å²) in [5.41, 5.74) is 2.59. The average Bonchev–Trinajstić information content (AvgIpc) is 3.11. The molecule has 1 aliphatic heterocycles. The van der Waals surface area contributed by atoms with Gasteiger partial charge in [0.2, 0.25) is 0 Å². The quantitative estimate of drug-likeness (QED) is 0.292. The number of carbonyl (C=O) groups excluding carboxylic acids is 2. The minimum absolute atomic E-state index is 0.0104. The van der Waals surface area contributed by atoms with Crippen LogP contribution in [0.5, 0.6) is 5.75 Å². The fourth-order valence-electron chi connectivity index (χ4n) is 4.03. The summed E-state index contributed by atoms with van der Waals surface area (Å²) in [5, 5.41) is 11.7. The van der Waals surface area contributed by atoms with Crippen LogP contribution in [0.15, 0.2) is 78.4 Å². The summed E-state index contributed by atoms with van der Waals surface area (Å²) in [6.07, 6.45) is 0. The summed E-state index contributed by atoms with van der Waals surface area (Å²) in [6, 6.07) is 20.5. The predicted octanol–water partition coefficient (Wildman–Crippen LogP) is 5.43. The van der Waals surface area contributed by atoms with Gasteiger partial charge in [-0.1, -0.05) is 41.9 Å². The number of hydrogen-bond donors (Lipinski definition) is 1. The lowest BCUT2D eigenvalue weighted by molar-refractivity contribution is -0.132. The third kappa shape index (κ3) is 4.24. The van der Waals surface area contributed by atoms with E-state index in [4.69, 9.17) is 16.3 Å². The Morgan fingerprint density at radius 1 is 1.03 bits per heavy atom. The zero-order valence-electron chi connectivity index (χ0n) is 19.2. The van der Waals surface area contributed by atoms with E-state index in [-0.39, 0.29) is 11.3 Å². The molecule has 1 N–H and O–H groups in total. The highest BCUT2D eigenvalue weighted by molar-refractivity contribution is 6.51. The Morgan fingerprint density at radius 3 is 2.32 bits per heavy atom. The fourth-order valence-corrected chi connectivity index (χ4v) is 4.20. The number of Topliss-reactive ketones (excluding diaryl/α,β-unsaturated/α-hetero) is 1. The molecule has 6 nitrogen and oxygen atoms in total. The second kappa shape index (κ2) is 9.61. The Morgan fingerprint density at radius 2 is 1.71 bits per heavy atom. The third-order valence-electron chi connectivity index (χ3n) is 5.71. The van der Waals surface area contributed by atoms with Crippen LogP contribution in [0.2, 0.25) is 5.02 Å². The number of amides is 1. The van der Waals surface area contributed by atoms with Gasteiger partial charge in [0.05, 0.1) is 23.2 Å². The van der Waals surface area contributed by atoms with E-state index >= 15 is 0 Å². The second-order valence-electron chi connectivity index (χ2n) is 8.07. The van der Waals surface area contributed by atoms with Crippen molar-refractivity contribution in [1.82, 2.24) is 0 Å². The molecule has 1 atom stereocenters. The number of benzene rings is 3. The SMILES string of the molecule is CCOc1cc(/C(O)=C2/C(=O)C(=O)N(c3ccccc3)C2c2ccc(N(C)C)cc2)ccc1Cl. The number of ketones is 1. The Hall–Kier alpha value is -3.77. The van der Waals surface area contributed by atoms with Crippen LogP contribution in [0, 0.1) is 0 Å². The lowest BCUT2D eigenvalue weighted by atomic mass is 9.94. The molecule has 0 bridgehead atoms. The lowest BCUT2D eigenvalue weighted by Gasteiger charge is -2.26. The zero-order valence-corrected chi connectivity index (χ0v) is 19.9. The highest BCUT2D eigenvalue weighted by atomic mass is 35.5. The van der Waals surface area contributed by atoms with Crippen LogP contribution in [0.25, 0.3) is 5.76 Å². The highest BCUT2D eigenvalue weighted by Crippen LogP contribution is 2.43. The Labute approximate surface area is 203 Å². The second-order valence-corrected chi connectivity index (χ2v) is 8.48. The smallest absolute Gasteiger partial charge is 0.300 e. The van der Waals surface area contributed by atoms with Gasteiger partial charge in [0.1, 0.15) is 11.5 Å². The number of aliphatic hydroxyl groups excluding tert-OH is 1. The molecule has 1 aliphatic rings. The molecule has 4 rings (SSSR count). The number of ether oxygens (including phenoxy) is 1. The summed E-state index contributed by atoms with van der Waals surface area (Å²) in [5.74, 6) is -1.35. The summed E-state index contributed by atoms with van der Waals surface area (Å²) in [4.78, 5) is 29.9. The van der Waals surface area contributed by atoms with E-state index in [1.807, 2.05) is 56.3 Å². The number of anilines is 2. The molecule has 1 heterocycles. The number of para-hydroxylation sites is 1. The molecule has 7 heteroatoms. The number of nitrogens with zero attached hydrogens (tertiary/aromatic N) is 2. The van der Waals surface area contributed by atoms with E-state index in [0.717, 1.165) is 5.69 Å². The van der Waals surface area contributed by atoms with Crippen LogP contribution in [0.1, 0.15) is 24.1 Å². The van der Waals surface area contributed by atoms with Crippen LogP contribution in [-0.4, -0.2) is 37.5 Å². The first kappa shape index (κ1) is 23.4. The first-order valence-electron chi connectivity index (χ1n) is 10.9. The van der Waals surface area contributed by atoms with E-state index < -0.39 is 17.7 Å². The van der Waals surface area contributed by atoms with Gasteiger partial charge in [0, 0.05) is 31.0 Å². The average molecular weight is 477 g/mol. The molecular weight excluding hydrogens is 452 g/mol. The zero-order chi connectivity index (χ0) is 24.4. The molecule has 34 heavy (non-hydrogen) atoms. The van der Waals surface area contributed by atoms with Crippen molar-refractivity contribution in [2.24, 2.45) is 0 Å².